The van der Waals surface area contributed by atoms with Gasteiger partial charge >= 0.3 is 0 Å². The van der Waals surface area contributed by atoms with Crippen LogP contribution >= 0.6 is 0 Å². The molecule has 0 amide bonds. The Morgan fingerprint density at radius 3 is 2.21 bits per heavy atom. The van der Waals surface area contributed by atoms with E-state index >= 15 is 0 Å². The Morgan fingerprint density at radius 1 is 0.692 bits per heavy atom. The Labute approximate surface area is 225 Å². The van der Waals surface area contributed by atoms with Crippen LogP contribution in [0.2, 0.25) is 0 Å². The number of rotatable bonds is 4. The number of para-hydroxylation sites is 1. The van der Waals surface area contributed by atoms with Crippen LogP contribution in [0.3, 0.4) is 0 Å². The summed E-state index contributed by atoms with van der Waals surface area (Å²) in [6.07, 6.45) is -0.255. The number of ether oxygens (including phenoxy) is 2. The fourth-order valence-corrected chi connectivity index (χ4v) is 5.21. The molecule has 7 rings (SSSR count). The number of benzene rings is 5. The Morgan fingerprint density at radius 2 is 1.38 bits per heavy atom. The first kappa shape index (κ1) is 22.8. The summed E-state index contributed by atoms with van der Waals surface area (Å²) in [6.45, 7) is 0. The molecule has 1 unspecified atom stereocenters. The van der Waals surface area contributed by atoms with E-state index in [1.807, 2.05) is 72.8 Å². The highest BCUT2D eigenvalue weighted by Crippen LogP contribution is 2.47. The van der Waals surface area contributed by atoms with Crippen molar-refractivity contribution in [3.63, 3.8) is 0 Å². The first-order chi connectivity index (χ1) is 19.2. The van der Waals surface area contributed by atoms with Gasteiger partial charge in [0.15, 0.2) is 12.0 Å². The number of hydrogen-bond acceptors (Lipinski definition) is 5. The van der Waals surface area contributed by atoms with Crippen LogP contribution in [-0.2, 0) is 4.74 Å². The van der Waals surface area contributed by atoms with Crippen LogP contribution in [0, 0.1) is 10.8 Å². The van der Waals surface area contributed by atoms with Gasteiger partial charge in [0, 0.05) is 27.8 Å². The van der Waals surface area contributed by atoms with E-state index in [1.165, 1.54) is 0 Å². The molecule has 1 aromatic heterocycles. The first-order valence-electron chi connectivity index (χ1n) is 12.7. The maximum Gasteiger partial charge on any atom is 0.221 e. The maximum atomic E-state index is 8.56. The molecule has 0 fully saturated rings. The average Bonchev–Trinajstić information content (AvgIpc) is 3.57. The minimum absolute atomic E-state index is 0.0592. The van der Waals surface area contributed by atoms with Crippen molar-refractivity contribution in [3.8, 4) is 11.4 Å². The summed E-state index contributed by atoms with van der Waals surface area (Å²) < 4.78 is 14.3. The van der Waals surface area contributed by atoms with Crippen molar-refractivity contribution in [1.82, 2.24) is 4.57 Å². The van der Waals surface area contributed by atoms with E-state index in [0.29, 0.717) is 11.1 Å². The van der Waals surface area contributed by atoms with Crippen LogP contribution < -0.4 is 10.1 Å². The molecule has 0 saturated carbocycles. The molecule has 188 valence electrons. The minimum atomic E-state index is -0.255. The lowest BCUT2D eigenvalue weighted by Gasteiger charge is -2.12. The maximum absolute atomic E-state index is 8.56. The lowest BCUT2D eigenvalue weighted by atomic mass is 10.1. The number of nitrogens with one attached hydrogen (secondary N) is 3. The zero-order chi connectivity index (χ0) is 26.3. The number of anilines is 1. The second-order valence-corrected chi connectivity index (χ2v) is 9.42. The Hall–Kier alpha value is -5.36. The highest BCUT2D eigenvalue weighted by molar-refractivity contribution is 6.14. The number of hydrogen-bond donors (Lipinski definition) is 3. The molecule has 6 heteroatoms. The van der Waals surface area contributed by atoms with Crippen molar-refractivity contribution < 1.29 is 9.47 Å². The van der Waals surface area contributed by atoms with E-state index in [2.05, 4.69) is 46.3 Å². The van der Waals surface area contributed by atoms with Gasteiger partial charge in [-0.3, -0.25) is 10.8 Å². The molecule has 3 N–H and O–H groups in total. The van der Waals surface area contributed by atoms with Crippen LogP contribution in [0.5, 0.6) is 5.75 Å². The van der Waals surface area contributed by atoms with Crippen molar-refractivity contribution >= 4 is 39.3 Å². The third-order valence-corrected chi connectivity index (χ3v) is 7.02. The predicted octanol–water partition coefficient (Wildman–Crippen LogP) is 7.65. The zero-order valence-corrected chi connectivity index (χ0v) is 20.9. The van der Waals surface area contributed by atoms with E-state index in [9.17, 15) is 0 Å². The van der Waals surface area contributed by atoms with Gasteiger partial charge < -0.3 is 19.4 Å². The summed E-state index contributed by atoms with van der Waals surface area (Å²) in [5.41, 5.74) is 6.17. The van der Waals surface area contributed by atoms with Crippen molar-refractivity contribution in [2.75, 3.05) is 5.32 Å². The topological polar surface area (TPSA) is 83.1 Å². The Bertz CT molecular complexity index is 1880. The van der Waals surface area contributed by atoms with Crippen LogP contribution in [-0.4, -0.2) is 16.4 Å². The molecular formula is C33H24N4O2. The van der Waals surface area contributed by atoms with Gasteiger partial charge in [0.05, 0.1) is 22.1 Å². The van der Waals surface area contributed by atoms with Crippen molar-refractivity contribution in [2.45, 2.75) is 6.23 Å². The summed E-state index contributed by atoms with van der Waals surface area (Å²) in [6, 6.07) is 39.4. The minimum Gasteiger partial charge on any atom is -0.464 e. The summed E-state index contributed by atoms with van der Waals surface area (Å²) in [7, 11) is 0. The normalized spacial score (nSPS) is 14.0. The summed E-state index contributed by atoms with van der Waals surface area (Å²) in [5.74, 6) is 0.696. The molecule has 2 heterocycles. The fourth-order valence-electron chi connectivity index (χ4n) is 5.21. The van der Waals surface area contributed by atoms with Gasteiger partial charge in [-0.25, -0.2) is 0 Å². The summed E-state index contributed by atoms with van der Waals surface area (Å²) in [5, 5.41) is 22.5. The molecule has 1 aliphatic rings. The van der Waals surface area contributed by atoms with E-state index in [1.54, 1.807) is 12.1 Å². The molecule has 1 atom stereocenters. The van der Waals surface area contributed by atoms with E-state index in [4.69, 9.17) is 20.3 Å². The van der Waals surface area contributed by atoms with Gasteiger partial charge in [0.1, 0.15) is 0 Å². The van der Waals surface area contributed by atoms with E-state index in [0.717, 1.165) is 44.5 Å². The van der Waals surface area contributed by atoms with Crippen LogP contribution in [0.25, 0.3) is 27.5 Å². The Kier molecular flexibility index (Phi) is 5.37. The van der Waals surface area contributed by atoms with Gasteiger partial charge in [-0.05, 0) is 48.5 Å². The zero-order valence-electron chi connectivity index (χ0n) is 20.9. The molecule has 39 heavy (non-hydrogen) atoms. The third kappa shape index (κ3) is 3.90. The molecule has 0 spiro atoms. The second-order valence-electron chi connectivity index (χ2n) is 9.42. The summed E-state index contributed by atoms with van der Waals surface area (Å²) >= 11 is 0. The van der Waals surface area contributed by atoms with Gasteiger partial charge in [0.25, 0.3) is 0 Å². The molecule has 0 bridgehead atoms. The molecular weight excluding hydrogens is 484 g/mol. The van der Waals surface area contributed by atoms with Crippen molar-refractivity contribution in [3.05, 3.63) is 138 Å². The molecule has 6 aromatic rings. The Balaban J connectivity index is 1.30. The largest absolute Gasteiger partial charge is 0.464 e. The highest BCUT2D eigenvalue weighted by atomic mass is 16.5. The standard InChI is InChI=1S/C33H24N4O2/c34-31(21-10-3-1-4-11-21)39-32(35)23-14-9-15-24(20-23)37-27-17-8-7-16-25(27)29-28(37)19-18-26-30(29)38-33(36-26)22-12-5-2-6-13-22/h1-20,33-36H. The number of fused-ring (bicyclic) bond motifs is 5. The van der Waals surface area contributed by atoms with Crippen molar-refractivity contribution in [2.24, 2.45) is 0 Å². The van der Waals surface area contributed by atoms with Gasteiger partial charge in [-0.2, -0.15) is 0 Å². The number of aromatic nitrogens is 1. The molecule has 1 aliphatic heterocycles. The smallest absolute Gasteiger partial charge is 0.221 e. The lowest BCUT2D eigenvalue weighted by molar-refractivity contribution is 0.263. The lowest BCUT2D eigenvalue weighted by Crippen LogP contribution is -2.13. The third-order valence-electron chi connectivity index (χ3n) is 7.02. The SMILES string of the molecule is N=C(OC(=N)c1cccc(-n2c3ccccc3c3c4c(ccc32)NC(c2ccccc2)O4)c1)c1ccccc1. The van der Waals surface area contributed by atoms with Gasteiger partial charge in [-0.1, -0.05) is 72.8 Å². The molecule has 6 nitrogen and oxygen atoms in total. The van der Waals surface area contributed by atoms with Crippen molar-refractivity contribution in [1.29, 1.82) is 10.8 Å². The molecule has 0 aliphatic carbocycles. The predicted molar refractivity (Wildman–Crippen MR) is 155 cm³/mol. The quantitative estimate of drug-likeness (QED) is 0.169. The van der Waals surface area contributed by atoms with Gasteiger partial charge in [-0.15, -0.1) is 0 Å². The average molecular weight is 509 g/mol. The monoisotopic (exact) mass is 508 g/mol. The molecule has 0 radical (unpaired) electrons. The molecule has 0 saturated heterocycles. The van der Waals surface area contributed by atoms with E-state index < -0.39 is 0 Å². The number of nitrogens with zero attached hydrogens (tertiary/aromatic N) is 1. The summed E-state index contributed by atoms with van der Waals surface area (Å²) in [4.78, 5) is 0. The van der Waals surface area contributed by atoms with Crippen LogP contribution in [0.4, 0.5) is 5.69 Å². The van der Waals surface area contributed by atoms with Gasteiger partial charge in [0.2, 0.25) is 11.8 Å². The highest BCUT2D eigenvalue weighted by Gasteiger charge is 2.28. The van der Waals surface area contributed by atoms with Crippen LogP contribution in [0.15, 0.2) is 121 Å². The molecule has 5 aromatic carbocycles. The van der Waals surface area contributed by atoms with E-state index in [-0.39, 0.29) is 18.0 Å². The van der Waals surface area contributed by atoms with Crippen LogP contribution in [0.1, 0.15) is 22.9 Å². The fraction of sp³-hybridized carbons (Fsp3) is 0.0303. The first-order valence-corrected chi connectivity index (χ1v) is 12.7. The second kappa shape index (κ2) is 9.19.